The molecule has 0 atom stereocenters. The number of piperidine rings is 2. The lowest BCUT2D eigenvalue weighted by Gasteiger charge is -2.32. The summed E-state index contributed by atoms with van der Waals surface area (Å²) in [6.07, 6.45) is 4.55. The number of amidine groups is 2. The number of likely N-dealkylation sites (tertiary alicyclic amines) is 2. The molecule has 2 saturated heterocycles. The second-order valence-electron chi connectivity index (χ2n) is 13.8. The van der Waals surface area contributed by atoms with Crippen LogP contribution >= 0.6 is 0 Å². The second-order valence-corrected chi connectivity index (χ2v) is 13.8. The molecule has 4 heterocycles. The van der Waals surface area contributed by atoms with E-state index in [0.717, 1.165) is 131 Å². The molecule has 2 aliphatic heterocycles. The Bertz CT molecular complexity index is 1980. The number of fused-ring (bicyclic) bond motifs is 2. The van der Waals surface area contributed by atoms with Gasteiger partial charge < -0.3 is 24.5 Å². The van der Waals surface area contributed by atoms with Gasteiger partial charge in [0.15, 0.2) is 0 Å². The standard InChI is InChI=1S/C40H42N8O/c1-25-15-19-47(20-16-25)37(41)29-7-13-33-35(23-29)45-39(43-33)27-3-9-31(10-4-27)49-32-11-5-28(6-12-32)40-44-34-14-8-30(24-36(34)46-40)38(42)48-21-17-26(2)18-22-48/h3-14,23-26,41-42H,15-22H2,1-2H3,(H,43,45)(H,44,46). The predicted octanol–water partition coefficient (Wildman–Crippen LogP) is 8.68. The van der Waals surface area contributed by atoms with E-state index in [-0.39, 0.29) is 0 Å². The quantitative estimate of drug-likeness (QED) is 0.106. The molecule has 2 aromatic heterocycles. The Labute approximate surface area is 286 Å². The first-order chi connectivity index (χ1) is 23.9. The van der Waals surface area contributed by atoms with Crippen LogP contribution in [0.2, 0.25) is 0 Å². The summed E-state index contributed by atoms with van der Waals surface area (Å²) >= 11 is 0. The lowest BCUT2D eigenvalue weighted by molar-refractivity contribution is 0.279. The number of aromatic nitrogens is 4. The van der Waals surface area contributed by atoms with Gasteiger partial charge in [-0.1, -0.05) is 13.8 Å². The molecule has 2 aliphatic rings. The summed E-state index contributed by atoms with van der Waals surface area (Å²) in [5, 5.41) is 17.5. The smallest absolute Gasteiger partial charge is 0.138 e. The monoisotopic (exact) mass is 650 g/mol. The van der Waals surface area contributed by atoms with Gasteiger partial charge in [0.05, 0.1) is 22.1 Å². The Morgan fingerprint density at radius 3 is 1.37 bits per heavy atom. The van der Waals surface area contributed by atoms with Crippen LogP contribution in [0.15, 0.2) is 84.9 Å². The molecule has 0 aliphatic carbocycles. The van der Waals surface area contributed by atoms with Crippen LogP contribution in [0, 0.1) is 22.7 Å². The van der Waals surface area contributed by atoms with Crippen molar-refractivity contribution in [3.8, 4) is 34.3 Å². The number of H-pyrrole nitrogens is 2. The van der Waals surface area contributed by atoms with E-state index in [4.69, 9.17) is 25.5 Å². The molecule has 2 fully saturated rings. The minimum absolute atomic E-state index is 0.583. The summed E-state index contributed by atoms with van der Waals surface area (Å²) in [7, 11) is 0. The van der Waals surface area contributed by atoms with E-state index < -0.39 is 0 Å². The molecule has 0 amide bonds. The predicted molar refractivity (Wildman–Crippen MR) is 197 cm³/mol. The highest BCUT2D eigenvalue weighted by atomic mass is 16.5. The minimum atomic E-state index is 0.583. The maximum Gasteiger partial charge on any atom is 0.138 e. The van der Waals surface area contributed by atoms with E-state index in [9.17, 15) is 0 Å². The first kappa shape index (κ1) is 30.9. The molecule has 0 spiro atoms. The summed E-state index contributed by atoms with van der Waals surface area (Å²) in [4.78, 5) is 20.9. The third-order valence-electron chi connectivity index (χ3n) is 10.2. The van der Waals surface area contributed by atoms with Gasteiger partial charge in [-0.05, 0) is 122 Å². The van der Waals surface area contributed by atoms with Crippen molar-refractivity contribution in [3.05, 3.63) is 96.1 Å². The zero-order chi connectivity index (χ0) is 33.5. The van der Waals surface area contributed by atoms with Gasteiger partial charge in [0, 0.05) is 48.4 Å². The highest BCUT2D eigenvalue weighted by Crippen LogP contribution is 2.29. The average molecular weight is 651 g/mol. The summed E-state index contributed by atoms with van der Waals surface area (Å²) in [5.74, 6) is 5.69. The third-order valence-corrected chi connectivity index (χ3v) is 10.2. The van der Waals surface area contributed by atoms with Gasteiger partial charge in [0.2, 0.25) is 0 Å². The molecule has 4 aromatic carbocycles. The molecule has 0 bridgehead atoms. The molecule has 248 valence electrons. The van der Waals surface area contributed by atoms with E-state index in [2.05, 4.69) is 33.6 Å². The van der Waals surface area contributed by atoms with E-state index >= 15 is 0 Å². The van der Waals surface area contributed by atoms with Crippen molar-refractivity contribution in [1.29, 1.82) is 10.8 Å². The van der Waals surface area contributed by atoms with Crippen LogP contribution in [-0.2, 0) is 0 Å². The van der Waals surface area contributed by atoms with Gasteiger partial charge in [-0.15, -0.1) is 0 Å². The fourth-order valence-corrected chi connectivity index (χ4v) is 6.91. The Hall–Kier alpha value is -5.44. The maximum absolute atomic E-state index is 8.75. The Morgan fingerprint density at radius 2 is 0.980 bits per heavy atom. The number of nitrogens with zero attached hydrogens (tertiary/aromatic N) is 4. The van der Waals surface area contributed by atoms with Gasteiger partial charge in [-0.3, -0.25) is 10.8 Å². The molecule has 4 N–H and O–H groups in total. The molecule has 9 heteroatoms. The zero-order valence-electron chi connectivity index (χ0n) is 28.1. The summed E-state index contributed by atoms with van der Waals surface area (Å²) in [6, 6.07) is 27.9. The topological polar surface area (TPSA) is 121 Å². The molecule has 8 rings (SSSR count). The number of imidazole rings is 2. The summed E-state index contributed by atoms with van der Waals surface area (Å²) < 4.78 is 6.17. The second kappa shape index (κ2) is 12.9. The van der Waals surface area contributed by atoms with Crippen molar-refractivity contribution in [2.75, 3.05) is 26.2 Å². The highest BCUT2D eigenvalue weighted by molar-refractivity contribution is 6.00. The SMILES string of the molecule is CC1CCN(C(=N)c2ccc3[nH]c(-c4ccc(Oc5ccc(-c6nc7cc(C(=N)N8CCC(C)CC8)ccc7[nH]6)cc5)cc4)nc3c2)CC1. The summed E-state index contributed by atoms with van der Waals surface area (Å²) in [5.41, 5.74) is 7.38. The highest BCUT2D eigenvalue weighted by Gasteiger charge is 2.21. The number of hydrogen-bond acceptors (Lipinski definition) is 5. The fraction of sp³-hybridized carbons (Fsp3) is 0.300. The van der Waals surface area contributed by atoms with E-state index in [0.29, 0.717) is 11.7 Å². The average Bonchev–Trinajstić information content (AvgIpc) is 3.76. The van der Waals surface area contributed by atoms with Crippen LogP contribution in [0.5, 0.6) is 11.5 Å². The van der Waals surface area contributed by atoms with Crippen molar-refractivity contribution < 1.29 is 4.74 Å². The van der Waals surface area contributed by atoms with Gasteiger partial charge in [0.25, 0.3) is 0 Å². The molecular weight excluding hydrogens is 608 g/mol. The molecule has 6 aromatic rings. The zero-order valence-corrected chi connectivity index (χ0v) is 28.1. The van der Waals surface area contributed by atoms with Gasteiger partial charge in [-0.2, -0.15) is 0 Å². The van der Waals surface area contributed by atoms with Gasteiger partial charge >= 0.3 is 0 Å². The first-order valence-corrected chi connectivity index (χ1v) is 17.4. The number of ether oxygens (including phenoxy) is 1. The molecule has 0 saturated carbocycles. The number of aromatic amines is 2. The van der Waals surface area contributed by atoms with Crippen LogP contribution in [0.3, 0.4) is 0 Å². The fourth-order valence-electron chi connectivity index (χ4n) is 6.91. The van der Waals surface area contributed by atoms with Crippen molar-refractivity contribution in [1.82, 2.24) is 29.7 Å². The van der Waals surface area contributed by atoms with Crippen molar-refractivity contribution >= 4 is 33.7 Å². The maximum atomic E-state index is 8.75. The molecule has 0 radical (unpaired) electrons. The number of nitrogens with one attached hydrogen (secondary N) is 4. The van der Waals surface area contributed by atoms with E-state index in [1.165, 1.54) is 0 Å². The molecule has 49 heavy (non-hydrogen) atoms. The van der Waals surface area contributed by atoms with Crippen molar-refractivity contribution in [3.63, 3.8) is 0 Å². The summed E-state index contributed by atoms with van der Waals surface area (Å²) in [6.45, 7) is 8.34. The van der Waals surface area contributed by atoms with Crippen LogP contribution in [0.4, 0.5) is 0 Å². The Balaban J connectivity index is 0.919. The lowest BCUT2D eigenvalue weighted by atomic mass is 9.98. The Kier molecular flexibility index (Phi) is 8.11. The number of hydrogen-bond donors (Lipinski definition) is 4. The van der Waals surface area contributed by atoms with Crippen LogP contribution in [-0.4, -0.2) is 67.6 Å². The van der Waals surface area contributed by atoms with Crippen molar-refractivity contribution in [2.45, 2.75) is 39.5 Å². The normalized spacial score (nSPS) is 16.0. The van der Waals surface area contributed by atoms with Crippen LogP contribution in [0.25, 0.3) is 44.8 Å². The molecule has 0 unspecified atom stereocenters. The van der Waals surface area contributed by atoms with Crippen LogP contribution < -0.4 is 4.74 Å². The number of rotatable bonds is 6. The van der Waals surface area contributed by atoms with Gasteiger partial charge in [0.1, 0.15) is 34.8 Å². The third kappa shape index (κ3) is 6.40. The lowest BCUT2D eigenvalue weighted by Crippen LogP contribution is -2.37. The van der Waals surface area contributed by atoms with E-state index in [1.54, 1.807) is 0 Å². The Morgan fingerprint density at radius 1 is 0.592 bits per heavy atom. The van der Waals surface area contributed by atoms with Gasteiger partial charge in [-0.25, -0.2) is 9.97 Å². The molecular formula is C40H42N8O. The number of benzene rings is 4. The minimum Gasteiger partial charge on any atom is -0.457 e. The molecule has 9 nitrogen and oxygen atoms in total. The largest absolute Gasteiger partial charge is 0.457 e. The van der Waals surface area contributed by atoms with E-state index in [1.807, 2.05) is 84.9 Å². The van der Waals surface area contributed by atoms with Crippen LogP contribution in [0.1, 0.15) is 50.7 Å². The first-order valence-electron chi connectivity index (χ1n) is 17.4. The van der Waals surface area contributed by atoms with Crippen molar-refractivity contribution in [2.24, 2.45) is 11.8 Å².